The highest BCUT2D eigenvalue weighted by molar-refractivity contribution is 14.0. The first-order valence-corrected chi connectivity index (χ1v) is 8.87. The third-order valence-corrected chi connectivity index (χ3v) is 4.03. The van der Waals surface area contributed by atoms with Crippen LogP contribution < -0.4 is 10.6 Å². The first-order chi connectivity index (χ1) is 11.0. The summed E-state index contributed by atoms with van der Waals surface area (Å²) < 4.78 is 5.09. The molecule has 0 spiro atoms. The van der Waals surface area contributed by atoms with Crippen molar-refractivity contribution in [3.63, 3.8) is 0 Å². The molecule has 1 aliphatic rings. The highest BCUT2D eigenvalue weighted by Crippen LogP contribution is 2.15. The van der Waals surface area contributed by atoms with Gasteiger partial charge in [-0.05, 0) is 58.7 Å². The van der Waals surface area contributed by atoms with Gasteiger partial charge in [0.25, 0.3) is 0 Å². The van der Waals surface area contributed by atoms with Crippen LogP contribution in [0.25, 0.3) is 0 Å². The molecule has 0 aliphatic carbocycles. The van der Waals surface area contributed by atoms with Gasteiger partial charge in [0, 0.05) is 20.1 Å². The Bertz CT molecular complexity index is 370. The van der Waals surface area contributed by atoms with Gasteiger partial charge in [-0.15, -0.1) is 24.0 Å². The van der Waals surface area contributed by atoms with Gasteiger partial charge in [0.2, 0.25) is 0 Å². The van der Waals surface area contributed by atoms with Gasteiger partial charge < -0.3 is 20.3 Å². The molecule has 1 saturated heterocycles. The fraction of sp³-hybridized carbons (Fsp3) is 0.882. The molecular formula is C17H35IN4O2. The number of guanidine groups is 1. The molecule has 2 N–H and O–H groups in total. The third kappa shape index (κ3) is 11.1. The van der Waals surface area contributed by atoms with Crippen LogP contribution in [0.5, 0.6) is 0 Å². The molecule has 0 unspecified atom stereocenters. The number of esters is 1. The minimum Gasteiger partial charge on any atom is -0.463 e. The number of rotatable bonds is 8. The van der Waals surface area contributed by atoms with Crippen molar-refractivity contribution in [1.29, 1.82) is 0 Å². The second-order valence-corrected chi connectivity index (χ2v) is 6.59. The lowest BCUT2D eigenvalue weighted by Gasteiger charge is -2.30. The number of aliphatic imine (C=N–C) groups is 1. The number of carbonyl (C=O) groups is 1. The molecule has 1 fully saturated rings. The minimum atomic E-state index is -0.178. The van der Waals surface area contributed by atoms with Crippen LogP contribution in [-0.4, -0.2) is 62.7 Å². The van der Waals surface area contributed by atoms with E-state index in [2.05, 4.69) is 27.4 Å². The van der Waals surface area contributed by atoms with E-state index in [4.69, 9.17) is 4.74 Å². The van der Waals surface area contributed by atoms with Crippen LogP contribution in [0.4, 0.5) is 0 Å². The fourth-order valence-corrected chi connectivity index (χ4v) is 2.62. The summed E-state index contributed by atoms with van der Waals surface area (Å²) in [5, 5.41) is 6.43. The molecule has 0 aromatic rings. The fourth-order valence-electron chi connectivity index (χ4n) is 2.62. The Morgan fingerprint density at radius 3 is 2.46 bits per heavy atom. The van der Waals surface area contributed by atoms with Crippen LogP contribution in [-0.2, 0) is 9.53 Å². The number of nitrogens with one attached hydrogen (secondary N) is 2. The summed E-state index contributed by atoms with van der Waals surface area (Å²) in [5.74, 6) is 1.45. The van der Waals surface area contributed by atoms with E-state index in [9.17, 15) is 4.79 Å². The molecule has 0 radical (unpaired) electrons. The third-order valence-electron chi connectivity index (χ3n) is 4.03. The molecule has 0 amide bonds. The standard InChI is InChI=1S/C17H34N4O2.HI/c1-14(2)23-16(22)6-10-20-17(18-4)19-9-5-11-21-12-7-15(3)8-13-21;/h14-15H,5-13H2,1-4H3,(H2,18,19,20);1H. The molecule has 0 atom stereocenters. The molecule has 1 aliphatic heterocycles. The molecule has 1 rings (SSSR count). The first-order valence-electron chi connectivity index (χ1n) is 8.87. The van der Waals surface area contributed by atoms with Gasteiger partial charge in [0.1, 0.15) is 0 Å². The number of ether oxygens (including phenoxy) is 1. The van der Waals surface area contributed by atoms with Gasteiger partial charge in [0.15, 0.2) is 5.96 Å². The van der Waals surface area contributed by atoms with Crippen LogP contribution in [0.15, 0.2) is 4.99 Å². The van der Waals surface area contributed by atoms with Crippen LogP contribution in [0.1, 0.15) is 46.5 Å². The lowest BCUT2D eigenvalue weighted by Crippen LogP contribution is -2.40. The van der Waals surface area contributed by atoms with E-state index in [1.165, 1.54) is 25.9 Å². The summed E-state index contributed by atoms with van der Waals surface area (Å²) in [4.78, 5) is 18.2. The number of piperidine rings is 1. The summed E-state index contributed by atoms with van der Waals surface area (Å²) >= 11 is 0. The summed E-state index contributed by atoms with van der Waals surface area (Å²) in [6.45, 7) is 11.1. The summed E-state index contributed by atoms with van der Waals surface area (Å²) in [7, 11) is 1.74. The van der Waals surface area contributed by atoms with Crippen molar-refractivity contribution < 1.29 is 9.53 Å². The molecule has 0 aromatic heterocycles. The maximum atomic E-state index is 11.5. The molecule has 24 heavy (non-hydrogen) atoms. The zero-order chi connectivity index (χ0) is 17.1. The average molecular weight is 454 g/mol. The van der Waals surface area contributed by atoms with Crippen LogP contribution in [0, 0.1) is 5.92 Å². The first kappa shape index (κ1) is 23.4. The maximum Gasteiger partial charge on any atom is 0.307 e. The van der Waals surface area contributed by atoms with E-state index in [1.54, 1.807) is 7.05 Å². The molecule has 142 valence electrons. The molecule has 6 nitrogen and oxygen atoms in total. The van der Waals surface area contributed by atoms with Crippen LogP contribution in [0.2, 0.25) is 0 Å². The Labute approximate surface area is 164 Å². The van der Waals surface area contributed by atoms with Crippen molar-refractivity contribution in [2.75, 3.05) is 39.8 Å². The van der Waals surface area contributed by atoms with Gasteiger partial charge in [-0.2, -0.15) is 0 Å². The molecule has 0 aromatic carbocycles. The molecule has 0 saturated carbocycles. The Morgan fingerprint density at radius 1 is 1.25 bits per heavy atom. The predicted molar refractivity (Wildman–Crippen MR) is 110 cm³/mol. The van der Waals surface area contributed by atoms with Gasteiger partial charge in [0.05, 0.1) is 12.5 Å². The molecule has 7 heteroatoms. The number of hydrogen-bond acceptors (Lipinski definition) is 4. The van der Waals surface area contributed by atoms with Crippen molar-refractivity contribution >= 4 is 35.9 Å². The van der Waals surface area contributed by atoms with E-state index in [0.717, 1.165) is 31.4 Å². The van der Waals surface area contributed by atoms with Crippen molar-refractivity contribution in [2.45, 2.75) is 52.6 Å². The SMILES string of the molecule is CN=C(NCCCN1CCC(C)CC1)NCCC(=O)OC(C)C.I. The smallest absolute Gasteiger partial charge is 0.307 e. The summed E-state index contributed by atoms with van der Waals surface area (Å²) in [5.41, 5.74) is 0. The quantitative estimate of drug-likeness (QED) is 0.194. The Balaban J connectivity index is 0.00000529. The topological polar surface area (TPSA) is 66.0 Å². The zero-order valence-electron chi connectivity index (χ0n) is 15.6. The van der Waals surface area contributed by atoms with E-state index >= 15 is 0 Å². The normalized spacial score (nSPS) is 16.6. The highest BCUT2D eigenvalue weighted by atomic mass is 127. The average Bonchev–Trinajstić information content (AvgIpc) is 2.50. The molecule has 1 heterocycles. The van der Waals surface area contributed by atoms with Crippen LogP contribution >= 0.6 is 24.0 Å². The van der Waals surface area contributed by atoms with Crippen molar-refractivity contribution in [3.05, 3.63) is 0 Å². The van der Waals surface area contributed by atoms with Crippen molar-refractivity contribution in [3.8, 4) is 0 Å². The largest absolute Gasteiger partial charge is 0.463 e. The number of likely N-dealkylation sites (tertiary alicyclic amines) is 1. The molecule has 0 bridgehead atoms. The van der Waals surface area contributed by atoms with Gasteiger partial charge in [-0.1, -0.05) is 6.92 Å². The monoisotopic (exact) mass is 454 g/mol. The second kappa shape index (κ2) is 13.7. The zero-order valence-corrected chi connectivity index (χ0v) is 18.0. The van der Waals surface area contributed by atoms with Crippen molar-refractivity contribution in [1.82, 2.24) is 15.5 Å². The van der Waals surface area contributed by atoms with E-state index in [0.29, 0.717) is 13.0 Å². The Morgan fingerprint density at radius 2 is 1.88 bits per heavy atom. The lowest BCUT2D eigenvalue weighted by atomic mass is 9.99. The Kier molecular flexibility index (Phi) is 13.4. The number of nitrogens with zero attached hydrogens (tertiary/aromatic N) is 2. The molecular weight excluding hydrogens is 419 g/mol. The lowest BCUT2D eigenvalue weighted by molar-refractivity contribution is -0.147. The summed E-state index contributed by atoms with van der Waals surface area (Å²) in [6, 6.07) is 0. The van der Waals surface area contributed by atoms with E-state index in [1.807, 2.05) is 13.8 Å². The van der Waals surface area contributed by atoms with Gasteiger partial charge in [-0.3, -0.25) is 9.79 Å². The van der Waals surface area contributed by atoms with Gasteiger partial charge in [-0.25, -0.2) is 0 Å². The Hall–Kier alpha value is -0.570. The number of carbonyl (C=O) groups excluding carboxylic acids is 1. The number of hydrogen-bond donors (Lipinski definition) is 2. The van der Waals surface area contributed by atoms with E-state index in [-0.39, 0.29) is 36.0 Å². The second-order valence-electron chi connectivity index (χ2n) is 6.59. The van der Waals surface area contributed by atoms with E-state index < -0.39 is 0 Å². The van der Waals surface area contributed by atoms with Crippen LogP contribution in [0.3, 0.4) is 0 Å². The van der Waals surface area contributed by atoms with Gasteiger partial charge >= 0.3 is 5.97 Å². The number of halogens is 1. The highest BCUT2D eigenvalue weighted by Gasteiger charge is 2.14. The predicted octanol–water partition coefficient (Wildman–Crippen LogP) is 2.23. The summed E-state index contributed by atoms with van der Waals surface area (Å²) in [6.07, 6.45) is 4.04. The van der Waals surface area contributed by atoms with Crippen molar-refractivity contribution in [2.24, 2.45) is 10.9 Å². The maximum absolute atomic E-state index is 11.5. The minimum absolute atomic E-state index is 0.